The molecule has 2 N–H and O–H groups in total. The number of nitrogens with one attached hydrogen (secondary N) is 2. The van der Waals surface area contributed by atoms with Gasteiger partial charge in [-0.3, -0.25) is 4.79 Å². The normalized spacial score (nSPS) is 11.6. The van der Waals surface area contributed by atoms with Gasteiger partial charge in [0.25, 0.3) is 5.91 Å². The largest absolute Gasteiger partial charge is 0.465 e. The average Bonchev–Trinajstić information content (AvgIpc) is 2.91. The van der Waals surface area contributed by atoms with Gasteiger partial charge in [0, 0.05) is 16.4 Å². The van der Waals surface area contributed by atoms with Gasteiger partial charge in [-0.05, 0) is 51.0 Å². The lowest BCUT2D eigenvalue weighted by Crippen LogP contribution is -2.30. The highest BCUT2D eigenvalue weighted by Gasteiger charge is 2.26. The molecule has 0 fully saturated rings. The molecule has 144 valence electrons. The molecule has 0 aliphatic rings. The number of H-pyrrole nitrogens is 1. The highest BCUT2D eigenvalue weighted by molar-refractivity contribution is 6.31. The van der Waals surface area contributed by atoms with Crippen molar-refractivity contribution in [2.45, 2.75) is 33.8 Å². The fraction of sp³-hybridized carbons (Fsp3) is 0.316. The first-order chi connectivity index (χ1) is 12.6. The number of amides is 1. The Hall–Kier alpha value is -2.80. The van der Waals surface area contributed by atoms with Crippen LogP contribution >= 0.6 is 11.6 Å². The predicted octanol–water partition coefficient (Wildman–Crippen LogP) is 3.56. The average molecular weight is 393 g/mol. The van der Waals surface area contributed by atoms with Gasteiger partial charge in [-0.25, -0.2) is 9.59 Å². The Morgan fingerprint density at radius 1 is 1.15 bits per heavy atom. The third-order valence-electron chi connectivity index (χ3n) is 4.14. The molecule has 7 nitrogen and oxygen atoms in total. The molecule has 0 radical (unpaired) electrons. The second-order valence-corrected chi connectivity index (χ2v) is 6.55. The van der Waals surface area contributed by atoms with E-state index in [1.807, 2.05) is 6.92 Å². The van der Waals surface area contributed by atoms with Crippen molar-refractivity contribution in [3.05, 3.63) is 51.3 Å². The van der Waals surface area contributed by atoms with E-state index in [-0.39, 0.29) is 11.3 Å². The van der Waals surface area contributed by atoms with E-state index in [2.05, 4.69) is 10.3 Å². The van der Waals surface area contributed by atoms with Gasteiger partial charge in [-0.1, -0.05) is 17.7 Å². The lowest BCUT2D eigenvalue weighted by molar-refractivity contribution is -0.123. The van der Waals surface area contributed by atoms with Crippen molar-refractivity contribution >= 4 is 35.1 Å². The van der Waals surface area contributed by atoms with Crippen LogP contribution in [0.3, 0.4) is 0 Å². The Balaban J connectivity index is 2.12. The third kappa shape index (κ3) is 4.49. The lowest BCUT2D eigenvalue weighted by atomic mass is 10.1. The SMILES string of the molecule is COC(=O)c1c(C)[nH]c(C(=O)OC(C)C(=O)Nc2cc(Cl)ccc2C)c1C. The molecule has 2 rings (SSSR count). The summed E-state index contributed by atoms with van der Waals surface area (Å²) < 4.78 is 9.95. The molecule has 1 atom stereocenters. The maximum atomic E-state index is 12.4. The van der Waals surface area contributed by atoms with Crippen LogP contribution in [0.15, 0.2) is 18.2 Å². The van der Waals surface area contributed by atoms with Crippen molar-refractivity contribution in [1.82, 2.24) is 4.98 Å². The summed E-state index contributed by atoms with van der Waals surface area (Å²) in [6.07, 6.45) is -1.06. The van der Waals surface area contributed by atoms with Crippen LogP contribution in [0.25, 0.3) is 0 Å². The first-order valence-corrected chi connectivity index (χ1v) is 8.59. The van der Waals surface area contributed by atoms with Crippen molar-refractivity contribution in [2.24, 2.45) is 0 Å². The molecule has 0 saturated heterocycles. The summed E-state index contributed by atoms with van der Waals surface area (Å²) in [6.45, 7) is 6.53. The molecule has 27 heavy (non-hydrogen) atoms. The fourth-order valence-electron chi connectivity index (χ4n) is 2.60. The molecule has 0 spiro atoms. The van der Waals surface area contributed by atoms with Gasteiger partial charge in [-0.15, -0.1) is 0 Å². The van der Waals surface area contributed by atoms with Gasteiger partial charge < -0.3 is 19.8 Å². The second-order valence-electron chi connectivity index (χ2n) is 6.11. The Bertz CT molecular complexity index is 904. The van der Waals surface area contributed by atoms with Crippen LogP contribution in [0, 0.1) is 20.8 Å². The number of halogens is 1. The Morgan fingerprint density at radius 3 is 2.44 bits per heavy atom. The van der Waals surface area contributed by atoms with Crippen molar-refractivity contribution < 1.29 is 23.9 Å². The third-order valence-corrected chi connectivity index (χ3v) is 4.38. The van der Waals surface area contributed by atoms with Crippen molar-refractivity contribution in [2.75, 3.05) is 12.4 Å². The molecule has 1 aromatic heterocycles. The molecule has 8 heteroatoms. The minimum absolute atomic E-state index is 0.103. The number of esters is 2. The summed E-state index contributed by atoms with van der Waals surface area (Å²) in [6, 6.07) is 5.10. The van der Waals surface area contributed by atoms with E-state index in [1.165, 1.54) is 14.0 Å². The molecule has 0 bridgehead atoms. The van der Waals surface area contributed by atoms with Gasteiger partial charge in [0.05, 0.1) is 12.7 Å². The van der Waals surface area contributed by atoms with Gasteiger partial charge in [0.15, 0.2) is 6.10 Å². The summed E-state index contributed by atoms with van der Waals surface area (Å²) in [5, 5.41) is 3.16. The fourth-order valence-corrected chi connectivity index (χ4v) is 2.77. The van der Waals surface area contributed by atoms with Crippen molar-refractivity contribution in [3.8, 4) is 0 Å². The van der Waals surface area contributed by atoms with E-state index in [0.717, 1.165) is 5.56 Å². The minimum Gasteiger partial charge on any atom is -0.465 e. The highest BCUT2D eigenvalue weighted by Crippen LogP contribution is 2.22. The molecular weight excluding hydrogens is 372 g/mol. The molecule has 1 unspecified atom stereocenters. The zero-order valence-corrected chi connectivity index (χ0v) is 16.5. The van der Waals surface area contributed by atoms with Gasteiger partial charge in [0.2, 0.25) is 0 Å². The Kier molecular flexibility index (Phi) is 6.28. The maximum Gasteiger partial charge on any atom is 0.355 e. The maximum absolute atomic E-state index is 12.4. The Labute approximate surface area is 162 Å². The van der Waals surface area contributed by atoms with E-state index in [9.17, 15) is 14.4 Å². The number of aryl methyl sites for hydroxylation is 2. The quantitative estimate of drug-likeness (QED) is 0.758. The smallest absolute Gasteiger partial charge is 0.355 e. The van der Waals surface area contributed by atoms with Gasteiger partial charge >= 0.3 is 11.9 Å². The lowest BCUT2D eigenvalue weighted by Gasteiger charge is -2.15. The van der Waals surface area contributed by atoms with E-state index >= 15 is 0 Å². The number of aromatic nitrogens is 1. The summed E-state index contributed by atoms with van der Waals surface area (Å²) >= 11 is 5.94. The van der Waals surface area contributed by atoms with Crippen LogP contribution in [0.1, 0.15) is 44.6 Å². The molecule has 1 aromatic carbocycles. The molecule has 1 heterocycles. The van der Waals surface area contributed by atoms with Crippen LogP contribution in [0.4, 0.5) is 5.69 Å². The van der Waals surface area contributed by atoms with Crippen molar-refractivity contribution in [1.29, 1.82) is 0 Å². The number of hydrogen-bond donors (Lipinski definition) is 2. The summed E-state index contributed by atoms with van der Waals surface area (Å²) in [5.41, 5.74) is 2.63. The van der Waals surface area contributed by atoms with Crippen LogP contribution in [-0.2, 0) is 14.3 Å². The monoisotopic (exact) mass is 392 g/mol. The number of aromatic amines is 1. The van der Waals surface area contributed by atoms with Gasteiger partial charge in [-0.2, -0.15) is 0 Å². The number of rotatable bonds is 5. The molecular formula is C19H21ClN2O5. The van der Waals surface area contributed by atoms with E-state index < -0.39 is 23.9 Å². The summed E-state index contributed by atoms with van der Waals surface area (Å²) in [7, 11) is 1.26. The zero-order valence-electron chi connectivity index (χ0n) is 15.7. The highest BCUT2D eigenvalue weighted by atomic mass is 35.5. The van der Waals surface area contributed by atoms with E-state index in [1.54, 1.807) is 32.0 Å². The summed E-state index contributed by atoms with van der Waals surface area (Å²) in [5.74, 6) is -1.79. The molecule has 0 aliphatic carbocycles. The number of anilines is 1. The standard InChI is InChI=1S/C19H21ClN2O5/c1-9-6-7-13(20)8-14(9)22-17(23)12(4)27-19(25)16-10(2)15(11(3)21-16)18(24)26-5/h6-8,12,21H,1-5H3,(H,22,23). The molecule has 1 amide bonds. The van der Waals surface area contributed by atoms with Crippen LogP contribution < -0.4 is 5.32 Å². The number of benzene rings is 1. The zero-order chi connectivity index (χ0) is 20.3. The summed E-state index contributed by atoms with van der Waals surface area (Å²) in [4.78, 5) is 39.4. The molecule has 0 aliphatic heterocycles. The second kappa shape index (κ2) is 8.26. The Morgan fingerprint density at radius 2 is 1.81 bits per heavy atom. The number of hydrogen-bond acceptors (Lipinski definition) is 5. The molecule has 0 saturated carbocycles. The first-order valence-electron chi connectivity index (χ1n) is 8.21. The van der Waals surface area contributed by atoms with Crippen LogP contribution in [0.2, 0.25) is 5.02 Å². The van der Waals surface area contributed by atoms with Crippen LogP contribution in [0.5, 0.6) is 0 Å². The number of methoxy groups -OCH3 is 1. The van der Waals surface area contributed by atoms with Crippen molar-refractivity contribution in [3.63, 3.8) is 0 Å². The first kappa shape index (κ1) is 20.5. The molecule has 2 aromatic rings. The van der Waals surface area contributed by atoms with E-state index in [0.29, 0.717) is 22.0 Å². The number of carbonyl (C=O) groups is 3. The number of carbonyl (C=O) groups excluding carboxylic acids is 3. The number of ether oxygens (including phenoxy) is 2. The minimum atomic E-state index is -1.06. The predicted molar refractivity (Wildman–Crippen MR) is 101 cm³/mol. The van der Waals surface area contributed by atoms with Crippen LogP contribution in [-0.4, -0.2) is 36.0 Å². The van der Waals surface area contributed by atoms with E-state index in [4.69, 9.17) is 21.1 Å². The van der Waals surface area contributed by atoms with Gasteiger partial charge in [0.1, 0.15) is 5.69 Å². The topological polar surface area (TPSA) is 97.5 Å².